The summed E-state index contributed by atoms with van der Waals surface area (Å²) in [5.41, 5.74) is 6.86. The maximum absolute atomic E-state index is 13.7. The van der Waals surface area contributed by atoms with E-state index in [1.54, 1.807) is 32.3 Å². The Morgan fingerprint density at radius 2 is 1.60 bits per heavy atom. The third-order valence-electron chi connectivity index (χ3n) is 10.4. The molecule has 1 aliphatic carbocycles. The molecule has 316 valence electrons. The summed E-state index contributed by atoms with van der Waals surface area (Å²) < 4.78 is 34.3. The molecule has 1 amide bonds. The van der Waals surface area contributed by atoms with Crippen molar-refractivity contribution in [2.24, 2.45) is 5.92 Å². The monoisotopic (exact) mass is 818 g/mol. The number of nitrogens with one attached hydrogen (secondary N) is 1. The minimum atomic E-state index is -1.01. The molecule has 1 N–H and O–H groups in total. The molecule has 0 spiro atoms. The number of methoxy groups -OCH3 is 2. The highest BCUT2D eigenvalue weighted by atomic mass is 16.7. The second-order valence-electron chi connectivity index (χ2n) is 14.6. The van der Waals surface area contributed by atoms with Gasteiger partial charge in [0.2, 0.25) is 0 Å². The zero-order chi connectivity index (χ0) is 43.0. The molecule has 0 unspecified atom stereocenters. The fourth-order valence-electron chi connectivity index (χ4n) is 7.29. The third kappa shape index (κ3) is 12.2. The van der Waals surface area contributed by atoms with E-state index in [2.05, 4.69) is 24.0 Å². The van der Waals surface area contributed by atoms with Gasteiger partial charge in [-0.1, -0.05) is 98.5 Å². The smallest absolute Gasteiger partial charge is 0.407 e. The summed E-state index contributed by atoms with van der Waals surface area (Å²) in [5, 5.41) is 14.3. The lowest BCUT2D eigenvalue weighted by atomic mass is 9.90. The summed E-state index contributed by atoms with van der Waals surface area (Å²) in [6, 6.07) is 27.4. The Hall–Kier alpha value is -6.24. The number of fused-ring (bicyclic) bond motifs is 3. The van der Waals surface area contributed by atoms with E-state index in [0.717, 1.165) is 44.7 Å². The van der Waals surface area contributed by atoms with E-state index in [4.69, 9.17) is 28.4 Å². The summed E-state index contributed by atoms with van der Waals surface area (Å²) in [7, 11) is 3.08. The lowest BCUT2D eigenvalue weighted by molar-refractivity contribution is -0.385. The maximum Gasteiger partial charge on any atom is 0.407 e. The number of nitro benzene ring substituents is 1. The number of ether oxygens (including phenoxy) is 6. The van der Waals surface area contributed by atoms with Gasteiger partial charge >= 0.3 is 12.1 Å². The Morgan fingerprint density at radius 1 is 0.917 bits per heavy atom. The van der Waals surface area contributed by atoms with Crippen LogP contribution in [0.2, 0.25) is 0 Å². The molecule has 4 aromatic carbocycles. The van der Waals surface area contributed by atoms with Gasteiger partial charge in [-0.15, -0.1) is 0 Å². The Kier molecular flexibility index (Phi) is 16.6. The topological polar surface area (TPSA) is 145 Å². The van der Waals surface area contributed by atoms with Crippen molar-refractivity contribution in [3.63, 3.8) is 0 Å². The Morgan fingerprint density at radius 3 is 2.23 bits per heavy atom. The van der Waals surface area contributed by atoms with Crippen molar-refractivity contribution in [2.75, 3.05) is 27.6 Å². The molecule has 0 heterocycles. The number of nitrogens with zero attached hydrogens (tertiary/aromatic N) is 1. The molecule has 12 nitrogen and oxygen atoms in total. The summed E-state index contributed by atoms with van der Waals surface area (Å²) in [4.78, 5) is 38.0. The van der Waals surface area contributed by atoms with Crippen molar-refractivity contribution in [1.82, 2.24) is 5.32 Å². The number of hydrogen-bond donors (Lipinski definition) is 1. The van der Waals surface area contributed by atoms with Crippen molar-refractivity contribution in [2.45, 2.75) is 70.8 Å². The summed E-state index contributed by atoms with van der Waals surface area (Å²) in [6.07, 6.45) is 6.80. The summed E-state index contributed by atoms with van der Waals surface area (Å²) in [5.74, 6) is -0.0577. The number of esters is 1. The molecule has 5 rings (SSSR count). The number of carbonyl (C=O) groups excluding carboxylic acids is 2. The first-order valence-corrected chi connectivity index (χ1v) is 19.9. The Labute approximate surface area is 351 Å². The van der Waals surface area contributed by atoms with Crippen LogP contribution in [0.25, 0.3) is 11.1 Å². The molecule has 0 bridgehead atoms. The van der Waals surface area contributed by atoms with Gasteiger partial charge in [-0.3, -0.25) is 10.1 Å². The number of allylic oxidation sites excluding steroid dienone is 3. The van der Waals surface area contributed by atoms with E-state index in [9.17, 15) is 19.7 Å². The van der Waals surface area contributed by atoms with E-state index in [1.807, 2.05) is 86.7 Å². The minimum absolute atomic E-state index is 0.0390. The van der Waals surface area contributed by atoms with Crippen molar-refractivity contribution in [3.05, 3.63) is 160 Å². The molecule has 0 saturated heterocycles. The van der Waals surface area contributed by atoms with Crippen LogP contribution in [-0.4, -0.2) is 62.9 Å². The van der Waals surface area contributed by atoms with E-state index in [-0.39, 0.29) is 37.5 Å². The van der Waals surface area contributed by atoms with Crippen molar-refractivity contribution in [1.29, 1.82) is 0 Å². The average molecular weight is 819 g/mol. The molecule has 12 heteroatoms. The largest absolute Gasteiger partial charge is 0.497 e. The molecule has 0 aliphatic heterocycles. The van der Waals surface area contributed by atoms with E-state index in [0.29, 0.717) is 25.0 Å². The first-order chi connectivity index (χ1) is 29.0. The van der Waals surface area contributed by atoms with Gasteiger partial charge in [-0.2, -0.15) is 0 Å². The van der Waals surface area contributed by atoms with Crippen molar-refractivity contribution in [3.8, 4) is 22.6 Å². The van der Waals surface area contributed by atoms with Crippen LogP contribution >= 0.6 is 0 Å². The van der Waals surface area contributed by atoms with Gasteiger partial charge in [-0.25, -0.2) is 9.59 Å². The van der Waals surface area contributed by atoms with Crippen LogP contribution in [0.4, 0.5) is 10.5 Å². The number of benzene rings is 4. The molecule has 4 atom stereocenters. The van der Waals surface area contributed by atoms with E-state index >= 15 is 0 Å². The van der Waals surface area contributed by atoms with E-state index in [1.165, 1.54) is 19.2 Å². The number of non-ortho nitro benzene ring substituents is 1. The number of amides is 1. The van der Waals surface area contributed by atoms with Crippen molar-refractivity contribution < 1.29 is 42.9 Å². The van der Waals surface area contributed by atoms with E-state index < -0.39 is 35.2 Å². The molecule has 0 aromatic heterocycles. The lowest BCUT2D eigenvalue weighted by Crippen LogP contribution is -2.43. The highest BCUT2D eigenvalue weighted by Crippen LogP contribution is 2.44. The summed E-state index contributed by atoms with van der Waals surface area (Å²) in [6.45, 7) is 9.58. The van der Waals surface area contributed by atoms with Crippen LogP contribution in [0.3, 0.4) is 0 Å². The molecule has 4 aromatic rings. The molecule has 0 fully saturated rings. The van der Waals surface area contributed by atoms with Crippen LogP contribution in [0.15, 0.2) is 127 Å². The second kappa shape index (κ2) is 22.2. The fraction of sp³-hybridized carbons (Fsp3) is 0.333. The first-order valence-electron chi connectivity index (χ1n) is 19.9. The van der Waals surface area contributed by atoms with Crippen LogP contribution in [0, 0.1) is 16.0 Å². The SMILES string of the molecule is C=C/C=C/C[C@H](OC(=O)[C@@H](C)NC(=O)OCC1c2ccccc2-c2ccccc21)[C@H](C)[C@@H](OCc1ccc(OC)cc1)/C(C)=C\CCc1cc(OCOC)cc([N+](=O)[O-])c1. The predicted molar refractivity (Wildman–Crippen MR) is 230 cm³/mol. The first kappa shape index (κ1) is 44.9. The highest BCUT2D eigenvalue weighted by molar-refractivity contribution is 5.82. The van der Waals surface area contributed by atoms with Gasteiger partial charge < -0.3 is 33.7 Å². The molecule has 0 radical (unpaired) electrons. The van der Waals surface area contributed by atoms with Gasteiger partial charge in [0.05, 0.1) is 30.8 Å². The fourth-order valence-corrected chi connectivity index (χ4v) is 7.29. The normalized spacial score (nSPS) is 14.3. The number of carbonyl (C=O) groups is 2. The zero-order valence-electron chi connectivity index (χ0n) is 34.8. The van der Waals surface area contributed by atoms with Crippen molar-refractivity contribution >= 4 is 17.7 Å². The quantitative estimate of drug-likeness (QED) is 0.0203. The molecule has 60 heavy (non-hydrogen) atoms. The number of nitro groups is 1. The standard InChI is InChI=1S/C48H54N2O10/c1-7-8-9-21-45(60-47(51)34(4)49-48(52)58-30-44-42-19-12-10-17-40(42)41-18-11-13-20-43(41)44)33(3)46(57-29-35-22-24-38(56-6)25-23-35)32(2)15-14-16-36-26-37(50(53)54)28-39(27-36)59-31-55-5/h7-13,15,17-20,22-28,33-34,44-46H,1,14,16,21,29-31H2,2-6H3,(H,49,52)/b9-8+,32-15-/t33-,34+,45-,46-/m0/s1. The Balaban J connectivity index is 1.29. The maximum atomic E-state index is 13.7. The number of hydrogen-bond acceptors (Lipinski definition) is 10. The van der Waals surface area contributed by atoms with Gasteiger partial charge in [0, 0.05) is 31.4 Å². The van der Waals surface area contributed by atoms with Gasteiger partial charge in [0.15, 0.2) is 6.79 Å². The van der Waals surface area contributed by atoms with Gasteiger partial charge in [0.1, 0.15) is 30.3 Å². The van der Waals surface area contributed by atoms with Crippen LogP contribution in [0.1, 0.15) is 61.8 Å². The second-order valence-corrected chi connectivity index (χ2v) is 14.6. The number of aryl methyl sites for hydroxylation is 1. The molecular weight excluding hydrogens is 765 g/mol. The lowest BCUT2D eigenvalue weighted by Gasteiger charge is -2.32. The van der Waals surface area contributed by atoms with Crippen LogP contribution < -0.4 is 14.8 Å². The van der Waals surface area contributed by atoms with Crippen LogP contribution in [-0.2, 0) is 36.8 Å². The minimum Gasteiger partial charge on any atom is -0.497 e. The number of alkyl carbamates (subject to hydrolysis) is 1. The Bertz CT molecular complexity index is 2100. The zero-order valence-corrected chi connectivity index (χ0v) is 34.8. The van der Waals surface area contributed by atoms with Gasteiger partial charge in [-0.05, 0) is 83.8 Å². The predicted octanol–water partition coefficient (Wildman–Crippen LogP) is 9.66. The van der Waals surface area contributed by atoms with Gasteiger partial charge in [0.25, 0.3) is 5.69 Å². The molecular formula is C48H54N2O10. The number of rotatable bonds is 22. The molecule has 1 aliphatic rings. The average Bonchev–Trinajstić information content (AvgIpc) is 3.58. The van der Waals surface area contributed by atoms with Crippen LogP contribution in [0.5, 0.6) is 11.5 Å². The molecule has 0 saturated carbocycles. The summed E-state index contributed by atoms with van der Waals surface area (Å²) >= 11 is 0. The third-order valence-corrected chi connectivity index (χ3v) is 10.4. The highest BCUT2D eigenvalue weighted by Gasteiger charge is 2.33.